The highest BCUT2D eigenvalue weighted by molar-refractivity contribution is 5.59. The Bertz CT molecular complexity index is 1040. The molecule has 0 aliphatic carbocycles. The van der Waals surface area contributed by atoms with Gasteiger partial charge in [0.25, 0.3) is 0 Å². The van der Waals surface area contributed by atoms with Gasteiger partial charge in [0.15, 0.2) is 0 Å². The second-order valence-electron chi connectivity index (χ2n) is 10.9. The molecular weight excluding hydrogens is 416 g/mol. The summed E-state index contributed by atoms with van der Waals surface area (Å²) in [4.78, 5) is 0. The van der Waals surface area contributed by atoms with Gasteiger partial charge in [-0.3, -0.25) is 0 Å². The number of hydrogen-bond acceptors (Lipinski definition) is 2. The molecule has 0 saturated carbocycles. The molecule has 0 spiro atoms. The number of allylic oxidation sites excluding steroid dienone is 4. The molecule has 0 N–H and O–H groups in total. The molecule has 0 radical (unpaired) electrons. The van der Waals surface area contributed by atoms with Gasteiger partial charge in [-0.2, -0.15) is 0 Å². The van der Waals surface area contributed by atoms with E-state index in [0.29, 0.717) is 12.5 Å². The highest BCUT2D eigenvalue weighted by atomic mass is 16.5. The third-order valence-corrected chi connectivity index (χ3v) is 7.20. The fourth-order valence-corrected chi connectivity index (χ4v) is 5.27. The summed E-state index contributed by atoms with van der Waals surface area (Å²) in [6.45, 7) is 18.4. The van der Waals surface area contributed by atoms with Crippen molar-refractivity contribution in [2.75, 3.05) is 0 Å². The Morgan fingerprint density at radius 3 is 2.44 bits per heavy atom. The second kappa shape index (κ2) is 11.3. The number of hydrogen-bond donors (Lipinski definition) is 0. The van der Waals surface area contributed by atoms with Crippen molar-refractivity contribution in [2.45, 2.75) is 99.7 Å². The summed E-state index contributed by atoms with van der Waals surface area (Å²) in [6.07, 6.45) is 10.2. The van der Waals surface area contributed by atoms with Crippen LogP contribution < -0.4 is 9.47 Å². The van der Waals surface area contributed by atoms with E-state index in [1.54, 1.807) is 0 Å². The van der Waals surface area contributed by atoms with Crippen LogP contribution in [0.4, 0.5) is 0 Å². The highest BCUT2D eigenvalue weighted by Gasteiger charge is 2.35. The first kappa shape index (κ1) is 26.1. The third-order valence-electron chi connectivity index (χ3n) is 7.20. The molecule has 0 fully saturated rings. The number of benzene rings is 2. The fraction of sp³-hybridized carbons (Fsp3) is 0.500. The van der Waals surface area contributed by atoms with Crippen LogP contribution in [-0.4, -0.2) is 5.60 Å². The van der Waals surface area contributed by atoms with E-state index in [1.165, 1.54) is 39.0 Å². The first-order chi connectivity index (χ1) is 16.1. The first-order valence-corrected chi connectivity index (χ1v) is 12.9. The van der Waals surface area contributed by atoms with Crippen molar-refractivity contribution in [2.24, 2.45) is 5.92 Å². The second-order valence-corrected chi connectivity index (χ2v) is 10.9. The Kier molecular flexibility index (Phi) is 8.68. The molecule has 0 saturated heterocycles. The van der Waals surface area contributed by atoms with E-state index >= 15 is 0 Å². The zero-order valence-corrected chi connectivity index (χ0v) is 22.7. The molecule has 34 heavy (non-hydrogen) atoms. The van der Waals surface area contributed by atoms with Gasteiger partial charge in [0.1, 0.15) is 23.7 Å². The van der Waals surface area contributed by atoms with Crippen LogP contribution in [0.25, 0.3) is 0 Å². The minimum Gasteiger partial charge on any atom is -0.488 e. The van der Waals surface area contributed by atoms with E-state index in [1.807, 2.05) is 6.07 Å². The maximum absolute atomic E-state index is 6.80. The highest BCUT2D eigenvalue weighted by Crippen LogP contribution is 2.45. The molecule has 184 valence electrons. The van der Waals surface area contributed by atoms with E-state index in [0.717, 1.165) is 43.6 Å². The minimum absolute atomic E-state index is 0.140. The van der Waals surface area contributed by atoms with Gasteiger partial charge < -0.3 is 9.47 Å². The van der Waals surface area contributed by atoms with Gasteiger partial charge in [0, 0.05) is 5.56 Å². The van der Waals surface area contributed by atoms with Crippen molar-refractivity contribution < 1.29 is 9.47 Å². The lowest BCUT2D eigenvalue weighted by Crippen LogP contribution is -2.38. The van der Waals surface area contributed by atoms with Crippen molar-refractivity contribution in [3.8, 4) is 11.5 Å². The van der Waals surface area contributed by atoms with Gasteiger partial charge in [-0.1, -0.05) is 60.6 Å². The summed E-state index contributed by atoms with van der Waals surface area (Å²) >= 11 is 0. The largest absolute Gasteiger partial charge is 0.488 e. The van der Waals surface area contributed by atoms with Crippen molar-refractivity contribution in [1.82, 2.24) is 0 Å². The van der Waals surface area contributed by atoms with Crippen LogP contribution in [0, 0.1) is 26.7 Å². The zero-order chi connectivity index (χ0) is 24.9. The lowest BCUT2D eigenvalue weighted by atomic mass is 9.82. The van der Waals surface area contributed by atoms with E-state index in [4.69, 9.17) is 9.47 Å². The van der Waals surface area contributed by atoms with Crippen LogP contribution in [-0.2, 0) is 13.0 Å². The molecule has 0 amide bonds. The quantitative estimate of drug-likeness (QED) is 0.348. The summed E-state index contributed by atoms with van der Waals surface area (Å²) in [7, 11) is 0. The number of fused-ring (bicyclic) bond motifs is 1. The Balaban J connectivity index is 1.73. The molecule has 2 nitrogen and oxygen atoms in total. The van der Waals surface area contributed by atoms with Crippen LogP contribution in [0.2, 0.25) is 0 Å². The molecule has 2 aromatic rings. The molecule has 0 bridgehead atoms. The normalized spacial score (nSPS) is 18.6. The third kappa shape index (κ3) is 6.56. The van der Waals surface area contributed by atoms with E-state index in [-0.39, 0.29) is 5.60 Å². The molecule has 2 aromatic carbocycles. The summed E-state index contributed by atoms with van der Waals surface area (Å²) < 4.78 is 13.1. The van der Waals surface area contributed by atoms with Crippen molar-refractivity contribution >= 4 is 0 Å². The van der Waals surface area contributed by atoms with Crippen molar-refractivity contribution in [1.29, 1.82) is 0 Å². The van der Waals surface area contributed by atoms with Crippen LogP contribution in [0.1, 0.15) is 88.1 Å². The monoisotopic (exact) mass is 460 g/mol. The number of ether oxygens (including phenoxy) is 2. The van der Waals surface area contributed by atoms with Crippen molar-refractivity contribution in [3.05, 3.63) is 81.4 Å². The van der Waals surface area contributed by atoms with E-state index < -0.39 is 0 Å². The van der Waals surface area contributed by atoms with Gasteiger partial charge in [0.05, 0.1) is 0 Å². The molecule has 1 aliphatic heterocycles. The summed E-state index contributed by atoms with van der Waals surface area (Å²) in [5.41, 5.74) is 8.90. The summed E-state index contributed by atoms with van der Waals surface area (Å²) in [5, 5.41) is 0. The minimum atomic E-state index is -0.140. The zero-order valence-electron chi connectivity index (χ0n) is 22.7. The molecule has 2 heteroatoms. The van der Waals surface area contributed by atoms with Crippen LogP contribution in [0.3, 0.4) is 0 Å². The lowest BCUT2D eigenvalue weighted by molar-refractivity contribution is 0.0458. The van der Waals surface area contributed by atoms with Gasteiger partial charge >= 0.3 is 0 Å². The number of rotatable bonds is 9. The smallest absolute Gasteiger partial charge is 0.127 e. The maximum Gasteiger partial charge on any atom is 0.127 e. The van der Waals surface area contributed by atoms with Gasteiger partial charge in [-0.05, 0) is 109 Å². The van der Waals surface area contributed by atoms with Gasteiger partial charge in [-0.25, -0.2) is 0 Å². The first-order valence-electron chi connectivity index (χ1n) is 12.9. The average molecular weight is 461 g/mol. The average Bonchev–Trinajstić information content (AvgIpc) is 2.77. The summed E-state index contributed by atoms with van der Waals surface area (Å²) in [5.74, 6) is 2.61. The maximum atomic E-state index is 6.80. The van der Waals surface area contributed by atoms with Crippen LogP contribution >= 0.6 is 0 Å². The molecule has 3 rings (SSSR count). The van der Waals surface area contributed by atoms with Crippen LogP contribution in [0.15, 0.2) is 53.6 Å². The Labute approximate surface area is 208 Å². The standard InChI is InChI=1S/C32H44O2/c1-22(2)13-12-14-23(3)19-24(4)20-32(8)18-17-29-27(7)30(25(5)26(6)31(29)34-32)33-21-28-15-10-9-11-16-28/h9-11,13,15-16,19,24H,12,14,17-18,20-21H2,1-8H3/b23-19+/t24?,32-/m1/s1. The van der Waals surface area contributed by atoms with Gasteiger partial charge in [-0.15, -0.1) is 0 Å². The predicted molar refractivity (Wildman–Crippen MR) is 145 cm³/mol. The molecule has 2 atom stereocenters. The van der Waals surface area contributed by atoms with Crippen molar-refractivity contribution in [3.63, 3.8) is 0 Å². The molecule has 1 aliphatic rings. The predicted octanol–water partition coefficient (Wildman–Crippen LogP) is 8.99. The molecule has 0 aromatic heterocycles. The fourth-order valence-electron chi connectivity index (χ4n) is 5.27. The van der Waals surface area contributed by atoms with E-state index in [9.17, 15) is 0 Å². The SMILES string of the molecule is CC(C)=CCC/C(C)=C/C(C)C[C@@]1(C)CCc2c(C)c(OCc3ccccc3)c(C)c(C)c2O1. The topological polar surface area (TPSA) is 18.5 Å². The molecule has 1 unspecified atom stereocenters. The Morgan fingerprint density at radius 2 is 1.76 bits per heavy atom. The van der Waals surface area contributed by atoms with Gasteiger partial charge in [0.2, 0.25) is 0 Å². The molecular formula is C32H44O2. The lowest BCUT2D eigenvalue weighted by Gasteiger charge is -2.39. The Hall–Kier alpha value is -2.48. The Morgan fingerprint density at radius 1 is 1.06 bits per heavy atom. The summed E-state index contributed by atoms with van der Waals surface area (Å²) in [6, 6.07) is 10.4. The molecule has 1 heterocycles. The van der Waals surface area contributed by atoms with Crippen LogP contribution in [0.5, 0.6) is 11.5 Å². The van der Waals surface area contributed by atoms with E-state index in [2.05, 4.69) is 91.8 Å².